The Balaban J connectivity index is 0. The molecule has 0 spiro atoms. The third-order valence-corrected chi connectivity index (χ3v) is 0.353. The number of quaternary nitrogens is 1. The summed E-state index contributed by atoms with van der Waals surface area (Å²) in [5, 5.41) is 0. The Kier molecular flexibility index (Phi) is 12.5. The van der Waals surface area contributed by atoms with Crippen molar-refractivity contribution in [1.29, 1.82) is 0 Å². The molecule has 0 unspecified atom stereocenters. The van der Waals surface area contributed by atoms with Crippen molar-refractivity contribution in [2.75, 3.05) is 14.1 Å². The van der Waals surface area contributed by atoms with E-state index in [9.17, 15) is 0 Å². The van der Waals surface area contributed by atoms with Gasteiger partial charge in [-0.25, -0.2) is 0 Å². The van der Waals surface area contributed by atoms with E-state index < -0.39 is 0 Å². The second kappa shape index (κ2) is 9.06. The first-order chi connectivity index (χ1) is 3.27. The Morgan fingerprint density at radius 1 is 1.57 bits per heavy atom. The number of hydrogen-bond acceptors (Lipinski definition) is 1. The van der Waals surface area contributed by atoms with Gasteiger partial charge in [0.05, 0.1) is 12.9 Å². The van der Waals surface area contributed by atoms with Crippen LogP contribution in [0.25, 0.3) is 0 Å². The lowest BCUT2D eigenvalue weighted by Crippen LogP contribution is -2.40. The molecule has 0 aliphatic heterocycles. The highest BCUT2D eigenvalue weighted by Gasteiger charge is 1.61. The molecule has 0 aromatic heterocycles. The van der Waals surface area contributed by atoms with Crippen molar-refractivity contribution in [2.45, 2.75) is 6.92 Å². The molecule has 3 heteroatoms. The van der Waals surface area contributed by atoms with Gasteiger partial charge in [-0.3, -0.25) is 4.99 Å². The monoisotopic (exact) mass is 104 g/mol. The molecule has 5 N–H and O–H groups in total. The number of amidine groups is 1. The van der Waals surface area contributed by atoms with Crippen molar-refractivity contribution in [1.82, 2.24) is 0 Å². The average Bonchev–Trinajstić information content (AvgIpc) is 1.73. The van der Waals surface area contributed by atoms with Crippen molar-refractivity contribution in [3.8, 4) is 0 Å². The van der Waals surface area contributed by atoms with Crippen molar-refractivity contribution < 1.29 is 5.73 Å². The maximum atomic E-state index is 5.04. The normalized spacial score (nSPS) is 9.43. The van der Waals surface area contributed by atoms with Crippen LogP contribution in [0.4, 0.5) is 0 Å². The minimum Gasteiger partial charge on any atom is -0.388 e. The number of nitrogens with zero attached hydrogens (tertiary/aromatic N) is 1. The molecule has 0 saturated heterocycles. The minimum atomic E-state index is 0.630. The topological polar surface area (TPSA) is 66.0 Å². The van der Waals surface area contributed by atoms with Crippen LogP contribution in [0.1, 0.15) is 6.92 Å². The molecular weight excluding hydrogens is 90.1 g/mol. The van der Waals surface area contributed by atoms with Crippen molar-refractivity contribution in [3.63, 3.8) is 0 Å². The van der Waals surface area contributed by atoms with Gasteiger partial charge < -0.3 is 11.5 Å². The van der Waals surface area contributed by atoms with E-state index in [2.05, 4.69) is 10.7 Å². The van der Waals surface area contributed by atoms with Gasteiger partial charge in [-0.2, -0.15) is 0 Å². The van der Waals surface area contributed by atoms with Crippen LogP contribution in [0.15, 0.2) is 4.99 Å². The highest BCUT2D eigenvalue weighted by Crippen LogP contribution is 1.52. The van der Waals surface area contributed by atoms with E-state index in [4.69, 9.17) is 5.73 Å². The van der Waals surface area contributed by atoms with Gasteiger partial charge in [0.15, 0.2) is 0 Å². The van der Waals surface area contributed by atoms with Gasteiger partial charge in [0.2, 0.25) is 0 Å². The van der Waals surface area contributed by atoms with Crippen LogP contribution in [0.5, 0.6) is 0 Å². The first-order valence-corrected chi connectivity index (χ1v) is 2.17. The molecule has 0 radical (unpaired) electrons. The molecule has 0 bridgehead atoms. The lowest BCUT2D eigenvalue weighted by atomic mass is 10.7. The van der Waals surface area contributed by atoms with E-state index in [1.54, 1.807) is 21.0 Å². The van der Waals surface area contributed by atoms with Crippen LogP contribution in [0.3, 0.4) is 0 Å². The smallest absolute Gasteiger partial charge is 0.0902 e. The average molecular weight is 104 g/mol. The first-order valence-electron chi connectivity index (χ1n) is 2.17. The van der Waals surface area contributed by atoms with Crippen LogP contribution in [-0.2, 0) is 0 Å². The molecule has 0 aliphatic carbocycles. The highest BCUT2D eigenvalue weighted by atomic mass is 14.8. The SMILES string of the molecule is CN=C(C)N.C[NH3+]. The molecule has 3 nitrogen and oxygen atoms in total. The Labute approximate surface area is 44.4 Å². The Morgan fingerprint density at radius 3 is 1.71 bits per heavy atom. The van der Waals surface area contributed by atoms with Crippen molar-refractivity contribution in [3.05, 3.63) is 0 Å². The van der Waals surface area contributed by atoms with E-state index in [1.807, 2.05) is 0 Å². The Hall–Kier alpha value is -0.570. The second-order valence-corrected chi connectivity index (χ2v) is 0.865. The van der Waals surface area contributed by atoms with E-state index >= 15 is 0 Å². The first kappa shape index (κ1) is 9.66. The predicted molar refractivity (Wildman–Crippen MR) is 32.0 cm³/mol. The maximum absolute atomic E-state index is 5.04. The highest BCUT2D eigenvalue weighted by molar-refractivity contribution is 5.77. The molecule has 0 fully saturated rings. The summed E-state index contributed by atoms with van der Waals surface area (Å²) in [7, 11) is 3.41. The summed E-state index contributed by atoms with van der Waals surface area (Å²) in [5.41, 5.74) is 8.29. The molecule has 0 rings (SSSR count). The van der Waals surface area contributed by atoms with Crippen LogP contribution < -0.4 is 11.5 Å². The number of hydrogen-bond donors (Lipinski definition) is 2. The summed E-state index contributed by atoms with van der Waals surface area (Å²) in [5.74, 6) is 0.630. The van der Waals surface area contributed by atoms with E-state index in [-0.39, 0.29) is 0 Å². The summed E-state index contributed by atoms with van der Waals surface area (Å²) in [6, 6.07) is 0. The zero-order valence-electron chi connectivity index (χ0n) is 5.23. The molecule has 0 aromatic carbocycles. The van der Waals surface area contributed by atoms with Crippen LogP contribution in [0.2, 0.25) is 0 Å². The fourth-order valence-electron chi connectivity index (χ4n) is 0. The van der Waals surface area contributed by atoms with Gasteiger partial charge in [0, 0.05) is 7.05 Å². The molecule has 0 aromatic rings. The van der Waals surface area contributed by atoms with Gasteiger partial charge in [0.25, 0.3) is 0 Å². The molecule has 0 saturated carbocycles. The fraction of sp³-hybridized carbons (Fsp3) is 0.750. The third kappa shape index (κ3) is 31.2. The lowest BCUT2D eigenvalue weighted by Gasteiger charge is -1.76. The largest absolute Gasteiger partial charge is 0.388 e. The molecule has 0 atom stereocenters. The molecular formula is C4H14N3+. The third-order valence-electron chi connectivity index (χ3n) is 0.353. The summed E-state index contributed by atoms with van der Waals surface area (Å²) in [6.45, 7) is 1.75. The molecule has 0 heterocycles. The van der Waals surface area contributed by atoms with Crippen LogP contribution in [-0.4, -0.2) is 19.9 Å². The zero-order valence-corrected chi connectivity index (χ0v) is 5.23. The van der Waals surface area contributed by atoms with Gasteiger partial charge in [0.1, 0.15) is 0 Å². The lowest BCUT2D eigenvalue weighted by molar-refractivity contribution is -0.325. The quantitative estimate of drug-likeness (QED) is 0.296. The van der Waals surface area contributed by atoms with Crippen LogP contribution >= 0.6 is 0 Å². The maximum Gasteiger partial charge on any atom is 0.0902 e. The van der Waals surface area contributed by atoms with Gasteiger partial charge in [-0.05, 0) is 6.92 Å². The Morgan fingerprint density at radius 2 is 1.71 bits per heavy atom. The van der Waals surface area contributed by atoms with Crippen molar-refractivity contribution >= 4 is 5.84 Å². The predicted octanol–water partition coefficient (Wildman–Crippen LogP) is -1.15. The minimum absolute atomic E-state index is 0.630. The second-order valence-electron chi connectivity index (χ2n) is 0.865. The Bertz CT molecular complexity index is 44.9. The van der Waals surface area contributed by atoms with Crippen molar-refractivity contribution in [2.24, 2.45) is 10.7 Å². The zero-order chi connectivity index (χ0) is 6.28. The number of aliphatic imine (C=N–C) groups is 1. The summed E-state index contributed by atoms with van der Waals surface area (Å²) >= 11 is 0. The van der Waals surface area contributed by atoms with E-state index in [0.29, 0.717) is 5.84 Å². The van der Waals surface area contributed by atoms with Crippen LogP contribution in [0, 0.1) is 0 Å². The van der Waals surface area contributed by atoms with Gasteiger partial charge >= 0.3 is 0 Å². The number of nitrogens with two attached hydrogens (primary N) is 1. The van der Waals surface area contributed by atoms with E-state index in [1.165, 1.54) is 0 Å². The van der Waals surface area contributed by atoms with Gasteiger partial charge in [-0.15, -0.1) is 0 Å². The fourth-order valence-corrected chi connectivity index (χ4v) is 0. The summed E-state index contributed by atoms with van der Waals surface area (Å²) in [4.78, 5) is 3.58. The van der Waals surface area contributed by atoms with E-state index in [0.717, 1.165) is 0 Å². The molecule has 0 amide bonds. The number of rotatable bonds is 0. The standard InChI is InChI=1S/C3H8N2.CH5N/c1-3(4)5-2;1-2/h1-2H3,(H2,4,5);2H2,1H3/p+1. The molecule has 7 heavy (non-hydrogen) atoms. The molecule has 44 valence electrons. The van der Waals surface area contributed by atoms with Gasteiger partial charge in [-0.1, -0.05) is 0 Å². The molecule has 0 aliphatic rings. The summed E-state index contributed by atoms with van der Waals surface area (Å²) in [6.07, 6.45) is 0. The summed E-state index contributed by atoms with van der Waals surface area (Å²) < 4.78 is 0.